The first-order chi connectivity index (χ1) is 8.22. The number of aliphatic hydroxyl groups excluding tert-OH is 1. The fourth-order valence-electron chi connectivity index (χ4n) is 1.91. The lowest BCUT2D eigenvalue weighted by molar-refractivity contribution is 0.257. The number of nitrogens with zero attached hydrogens (tertiary/aromatic N) is 2. The Kier molecular flexibility index (Phi) is 3.10. The second kappa shape index (κ2) is 4.55. The first-order valence-electron chi connectivity index (χ1n) is 5.37. The van der Waals surface area contributed by atoms with Crippen LogP contribution < -0.4 is 10.5 Å². The molecule has 90 valence electrons. The van der Waals surface area contributed by atoms with E-state index >= 15 is 0 Å². The SMILES string of the molecule is COc1ccc(N)c(C2(CCO)C=CC=N2)n1. The summed E-state index contributed by atoms with van der Waals surface area (Å²) in [5.74, 6) is 0.488. The Labute approximate surface area is 99.7 Å². The van der Waals surface area contributed by atoms with E-state index in [0.717, 1.165) is 0 Å². The van der Waals surface area contributed by atoms with Crippen LogP contribution in [0.25, 0.3) is 0 Å². The minimum absolute atomic E-state index is 0.0139. The van der Waals surface area contributed by atoms with Gasteiger partial charge in [0.15, 0.2) is 0 Å². The van der Waals surface area contributed by atoms with Crippen LogP contribution >= 0.6 is 0 Å². The van der Waals surface area contributed by atoms with Crippen LogP contribution in [0.2, 0.25) is 0 Å². The quantitative estimate of drug-likeness (QED) is 0.809. The molecule has 0 spiro atoms. The highest BCUT2D eigenvalue weighted by Crippen LogP contribution is 2.36. The zero-order chi connectivity index (χ0) is 12.3. The third-order valence-corrected chi connectivity index (χ3v) is 2.78. The number of aromatic nitrogens is 1. The van der Waals surface area contributed by atoms with Gasteiger partial charge in [0.2, 0.25) is 5.88 Å². The molecule has 2 heterocycles. The molecule has 0 aromatic carbocycles. The lowest BCUT2D eigenvalue weighted by Gasteiger charge is -2.24. The van der Waals surface area contributed by atoms with Crippen molar-refractivity contribution >= 4 is 11.9 Å². The van der Waals surface area contributed by atoms with Crippen LogP contribution in [0.15, 0.2) is 29.3 Å². The molecule has 5 nitrogen and oxygen atoms in total. The smallest absolute Gasteiger partial charge is 0.213 e. The number of ether oxygens (including phenoxy) is 1. The number of rotatable bonds is 4. The maximum absolute atomic E-state index is 9.16. The van der Waals surface area contributed by atoms with E-state index in [1.165, 1.54) is 0 Å². The fraction of sp³-hybridized carbons (Fsp3) is 0.333. The van der Waals surface area contributed by atoms with Gasteiger partial charge in [0.25, 0.3) is 0 Å². The maximum atomic E-state index is 9.16. The zero-order valence-corrected chi connectivity index (χ0v) is 9.63. The number of nitrogens with two attached hydrogens (primary N) is 1. The molecule has 0 saturated heterocycles. The van der Waals surface area contributed by atoms with Gasteiger partial charge in [0.05, 0.1) is 18.5 Å². The number of hydrogen-bond donors (Lipinski definition) is 2. The van der Waals surface area contributed by atoms with Gasteiger partial charge in [-0.05, 0) is 18.2 Å². The average molecular weight is 233 g/mol. The van der Waals surface area contributed by atoms with Crippen molar-refractivity contribution < 1.29 is 9.84 Å². The van der Waals surface area contributed by atoms with Gasteiger partial charge in [-0.2, -0.15) is 0 Å². The molecule has 0 fully saturated rings. The molecule has 0 aliphatic carbocycles. The Hall–Kier alpha value is -1.88. The monoisotopic (exact) mass is 233 g/mol. The number of allylic oxidation sites excluding steroid dienone is 1. The van der Waals surface area contributed by atoms with Crippen molar-refractivity contribution in [3.8, 4) is 5.88 Å². The molecule has 1 aliphatic heterocycles. The van der Waals surface area contributed by atoms with E-state index in [-0.39, 0.29) is 6.61 Å². The Bertz CT molecular complexity index is 457. The van der Waals surface area contributed by atoms with E-state index in [2.05, 4.69) is 9.98 Å². The summed E-state index contributed by atoms with van der Waals surface area (Å²) in [5.41, 5.74) is 6.44. The van der Waals surface area contributed by atoms with Crippen molar-refractivity contribution in [1.29, 1.82) is 0 Å². The van der Waals surface area contributed by atoms with Crippen molar-refractivity contribution in [2.24, 2.45) is 4.99 Å². The van der Waals surface area contributed by atoms with E-state index < -0.39 is 5.54 Å². The lowest BCUT2D eigenvalue weighted by Crippen LogP contribution is -2.24. The Morgan fingerprint density at radius 2 is 2.29 bits per heavy atom. The molecule has 5 heteroatoms. The van der Waals surface area contributed by atoms with Crippen LogP contribution in [0, 0.1) is 0 Å². The second-order valence-corrected chi connectivity index (χ2v) is 3.83. The first kappa shape index (κ1) is 11.6. The summed E-state index contributed by atoms with van der Waals surface area (Å²) in [4.78, 5) is 8.71. The molecule has 17 heavy (non-hydrogen) atoms. The van der Waals surface area contributed by atoms with Crippen molar-refractivity contribution in [3.05, 3.63) is 30.0 Å². The second-order valence-electron chi connectivity index (χ2n) is 3.83. The van der Waals surface area contributed by atoms with Crippen LogP contribution in [-0.2, 0) is 5.54 Å². The highest BCUT2D eigenvalue weighted by Gasteiger charge is 2.33. The number of aliphatic hydroxyl groups is 1. The molecule has 3 N–H and O–H groups in total. The summed E-state index contributed by atoms with van der Waals surface area (Å²) in [6.07, 6.45) is 5.86. The van der Waals surface area contributed by atoms with E-state index in [1.807, 2.05) is 12.2 Å². The fourth-order valence-corrected chi connectivity index (χ4v) is 1.91. The van der Waals surface area contributed by atoms with Crippen LogP contribution in [0.5, 0.6) is 5.88 Å². The van der Waals surface area contributed by atoms with Gasteiger partial charge in [-0.3, -0.25) is 4.99 Å². The summed E-state index contributed by atoms with van der Waals surface area (Å²) < 4.78 is 5.09. The highest BCUT2D eigenvalue weighted by atomic mass is 16.5. The summed E-state index contributed by atoms with van der Waals surface area (Å²) >= 11 is 0. The largest absolute Gasteiger partial charge is 0.481 e. The third kappa shape index (κ3) is 2.01. The summed E-state index contributed by atoms with van der Waals surface area (Å²) in [6.45, 7) is 0.0139. The van der Waals surface area contributed by atoms with E-state index in [0.29, 0.717) is 23.7 Å². The number of nitrogen functional groups attached to an aromatic ring is 1. The molecule has 0 bridgehead atoms. The third-order valence-electron chi connectivity index (χ3n) is 2.78. The maximum Gasteiger partial charge on any atom is 0.213 e. The van der Waals surface area contributed by atoms with Crippen LogP contribution in [-0.4, -0.2) is 30.0 Å². The first-order valence-corrected chi connectivity index (χ1v) is 5.37. The highest BCUT2D eigenvalue weighted by molar-refractivity contribution is 5.76. The van der Waals surface area contributed by atoms with Crippen LogP contribution in [0.1, 0.15) is 12.1 Å². The molecule has 2 rings (SSSR count). The van der Waals surface area contributed by atoms with Crippen LogP contribution in [0.3, 0.4) is 0 Å². The number of anilines is 1. The summed E-state index contributed by atoms with van der Waals surface area (Å²) in [5, 5.41) is 9.16. The van der Waals surface area contributed by atoms with Crippen molar-refractivity contribution in [2.75, 3.05) is 19.5 Å². The van der Waals surface area contributed by atoms with Gasteiger partial charge in [0, 0.05) is 25.3 Å². The normalized spacial score (nSPS) is 22.0. The van der Waals surface area contributed by atoms with E-state index in [4.69, 9.17) is 15.6 Å². The van der Waals surface area contributed by atoms with Gasteiger partial charge in [-0.1, -0.05) is 0 Å². The molecular weight excluding hydrogens is 218 g/mol. The van der Waals surface area contributed by atoms with Gasteiger partial charge in [0.1, 0.15) is 5.54 Å². The molecular formula is C12H15N3O2. The van der Waals surface area contributed by atoms with E-state index in [1.54, 1.807) is 25.5 Å². The molecule has 1 unspecified atom stereocenters. The lowest BCUT2D eigenvalue weighted by atomic mass is 9.91. The zero-order valence-electron chi connectivity index (χ0n) is 9.63. The van der Waals surface area contributed by atoms with Gasteiger partial charge in [-0.15, -0.1) is 0 Å². The topological polar surface area (TPSA) is 80.7 Å². The van der Waals surface area contributed by atoms with Crippen molar-refractivity contribution in [2.45, 2.75) is 12.0 Å². The number of aliphatic imine (C=N–C) groups is 1. The molecule has 1 aliphatic rings. The minimum atomic E-state index is -0.659. The van der Waals surface area contributed by atoms with Crippen molar-refractivity contribution in [3.63, 3.8) is 0 Å². The molecule has 1 aromatic heterocycles. The van der Waals surface area contributed by atoms with Gasteiger partial charge < -0.3 is 15.6 Å². The van der Waals surface area contributed by atoms with Gasteiger partial charge >= 0.3 is 0 Å². The molecule has 0 saturated carbocycles. The number of hydrogen-bond acceptors (Lipinski definition) is 5. The summed E-state index contributed by atoms with van der Waals surface area (Å²) in [7, 11) is 1.55. The summed E-state index contributed by atoms with van der Waals surface area (Å²) in [6, 6.07) is 3.44. The average Bonchev–Trinajstić information content (AvgIpc) is 2.80. The predicted molar refractivity (Wildman–Crippen MR) is 66.2 cm³/mol. The Morgan fingerprint density at radius 1 is 1.47 bits per heavy atom. The molecule has 0 radical (unpaired) electrons. The standard InChI is InChI=1S/C12H15N3O2/c1-17-10-4-3-9(13)11(15-10)12(6-8-16)5-2-7-14-12/h2-5,7,16H,6,8,13H2,1H3. The molecule has 1 atom stereocenters. The van der Waals surface area contributed by atoms with Crippen molar-refractivity contribution in [1.82, 2.24) is 4.98 Å². The predicted octanol–water partition coefficient (Wildman–Crippen LogP) is 0.891. The Morgan fingerprint density at radius 3 is 2.88 bits per heavy atom. The molecule has 0 amide bonds. The Balaban J connectivity index is 2.50. The van der Waals surface area contributed by atoms with Gasteiger partial charge in [-0.25, -0.2) is 4.98 Å². The number of methoxy groups -OCH3 is 1. The van der Waals surface area contributed by atoms with Crippen LogP contribution in [0.4, 0.5) is 5.69 Å². The minimum Gasteiger partial charge on any atom is -0.481 e. The molecule has 1 aromatic rings. The van der Waals surface area contributed by atoms with E-state index in [9.17, 15) is 0 Å². The number of pyridine rings is 1.